The molecule has 0 radical (unpaired) electrons. The Morgan fingerprint density at radius 3 is 1.61 bits per heavy atom. The topological polar surface area (TPSA) is 40.5 Å². The van der Waals surface area contributed by atoms with Crippen molar-refractivity contribution in [1.82, 2.24) is 0 Å². The SMILES string of the molecule is CCCCCCCCCCCCC(O)CC(C)O. The molecule has 0 aliphatic rings. The van der Waals surface area contributed by atoms with E-state index in [2.05, 4.69) is 6.92 Å². The van der Waals surface area contributed by atoms with Gasteiger partial charge in [-0.15, -0.1) is 0 Å². The lowest BCUT2D eigenvalue weighted by Gasteiger charge is -2.11. The molecule has 0 aromatic carbocycles. The van der Waals surface area contributed by atoms with Crippen LogP contribution in [0.4, 0.5) is 0 Å². The molecule has 0 saturated carbocycles. The highest BCUT2D eigenvalue weighted by Gasteiger charge is 2.06. The maximum Gasteiger partial charge on any atom is 0.0564 e. The summed E-state index contributed by atoms with van der Waals surface area (Å²) in [6.07, 6.45) is 14.0. The van der Waals surface area contributed by atoms with E-state index in [0.29, 0.717) is 6.42 Å². The first-order valence-electron chi connectivity index (χ1n) is 8.03. The summed E-state index contributed by atoms with van der Waals surface area (Å²) in [5.74, 6) is 0. The van der Waals surface area contributed by atoms with Crippen LogP contribution in [0.5, 0.6) is 0 Å². The predicted octanol–water partition coefficient (Wildman–Crippen LogP) is 4.43. The number of hydrogen-bond acceptors (Lipinski definition) is 2. The maximum atomic E-state index is 9.58. The van der Waals surface area contributed by atoms with E-state index in [-0.39, 0.29) is 12.2 Å². The largest absolute Gasteiger partial charge is 0.393 e. The normalized spacial score (nSPS) is 14.7. The lowest BCUT2D eigenvalue weighted by molar-refractivity contribution is 0.0834. The highest BCUT2D eigenvalue weighted by atomic mass is 16.3. The third kappa shape index (κ3) is 14.0. The highest BCUT2D eigenvalue weighted by Crippen LogP contribution is 2.13. The zero-order valence-corrected chi connectivity index (χ0v) is 12.5. The van der Waals surface area contributed by atoms with E-state index in [1.807, 2.05) is 0 Å². The van der Waals surface area contributed by atoms with Crippen LogP contribution in [0.3, 0.4) is 0 Å². The highest BCUT2D eigenvalue weighted by molar-refractivity contribution is 4.60. The summed E-state index contributed by atoms with van der Waals surface area (Å²) in [6, 6.07) is 0. The van der Waals surface area contributed by atoms with Crippen LogP contribution in [-0.4, -0.2) is 22.4 Å². The summed E-state index contributed by atoms with van der Waals surface area (Å²) in [5, 5.41) is 18.7. The summed E-state index contributed by atoms with van der Waals surface area (Å²) >= 11 is 0. The summed E-state index contributed by atoms with van der Waals surface area (Å²) < 4.78 is 0. The third-order valence-corrected chi connectivity index (χ3v) is 3.50. The second kappa shape index (κ2) is 13.4. The molecule has 0 amide bonds. The predicted molar refractivity (Wildman–Crippen MR) is 78.8 cm³/mol. The van der Waals surface area contributed by atoms with Crippen LogP contribution >= 0.6 is 0 Å². The Hall–Kier alpha value is -0.0800. The molecule has 18 heavy (non-hydrogen) atoms. The van der Waals surface area contributed by atoms with Crippen LogP contribution in [0.1, 0.15) is 90.9 Å². The standard InChI is InChI=1S/C16H34O2/c1-3-4-5-6-7-8-9-10-11-12-13-16(18)14-15(2)17/h15-18H,3-14H2,1-2H3. The van der Waals surface area contributed by atoms with Crippen LogP contribution < -0.4 is 0 Å². The molecule has 0 bridgehead atoms. The second-order valence-corrected chi connectivity index (χ2v) is 5.71. The van der Waals surface area contributed by atoms with E-state index in [9.17, 15) is 5.11 Å². The summed E-state index contributed by atoms with van der Waals surface area (Å²) in [4.78, 5) is 0. The van der Waals surface area contributed by atoms with Crippen molar-refractivity contribution in [3.05, 3.63) is 0 Å². The summed E-state index contributed by atoms with van der Waals surface area (Å²) in [5.41, 5.74) is 0. The molecule has 0 spiro atoms. The minimum absolute atomic E-state index is 0.306. The average Bonchev–Trinajstić information content (AvgIpc) is 2.30. The zero-order valence-electron chi connectivity index (χ0n) is 12.5. The van der Waals surface area contributed by atoms with E-state index in [4.69, 9.17) is 5.11 Å². The van der Waals surface area contributed by atoms with E-state index < -0.39 is 0 Å². The lowest BCUT2D eigenvalue weighted by Crippen LogP contribution is -2.14. The van der Waals surface area contributed by atoms with Crippen molar-refractivity contribution in [2.75, 3.05) is 0 Å². The Balaban J connectivity index is 3.07. The number of aliphatic hydroxyl groups is 2. The van der Waals surface area contributed by atoms with Gasteiger partial charge in [-0.3, -0.25) is 0 Å². The first-order valence-corrected chi connectivity index (χ1v) is 8.03. The lowest BCUT2D eigenvalue weighted by atomic mass is 10.0. The third-order valence-electron chi connectivity index (χ3n) is 3.50. The molecule has 0 aromatic heterocycles. The zero-order chi connectivity index (χ0) is 13.6. The van der Waals surface area contributed by atoms with Crippen molar-refractivity contribution in [2.24, 2.45) is 0 Å². The Kier molecular flexibility index (Phi) is 13.3. The van der Waals surface area contributed by atoms with Gasteiger partial charge in [-0.2, -0.15) is 0 Å². The molecule has 0 heterocycles. The second-order valence-electron chi connectivity index (χ2n) is 5.71. The van der Waals surface area contributed by atoms with E-state index >= 15 is 0 Å². The minimum Gasteiger partial charge on any atom is -0.393 e. The number of aliphatic hydroxyl groups excluding tert-OH is 2. The monoisotopic (exact) mass is 258 g/mol. The Bertz CT molecular complexity index is 157. The molecular formula is C16H34O2. The van der Waals surface area contributed by atoms with Crippen LogP contribution in [0, 0.1) is 0 Å². The van der Waals surface area contributed by atoms with E-state index in [1.165, 1.54) is 57.8 Å². The van der Waals surface area contributed by atoms with Crippen molar-refractivity contribution in [2.45, 2.75) is 103 Å². The van der Waals surface area contributed by atoms with Gasteiger partial charge in [0.1, 0.15) is 0 Å². The van der Waals surface area contributed by atoms with Crippen molar-refractivity contribution in [1.29, 1.82) is 0 Å². The first kappa shape index (κ1) is 17.9. The Morgan fingerprint density at radius 2 is 1.17 bits per heavy atom. The van der Waals surface area contributed by atoms with Crippen molar-refractivity contribution < 1.29 is 10.2 Å². The molecule has 0 rings (SSSR count). The van der Waals surface area contributed by atoms with Gasteiger partial charge in [0.2, 0.25) is 0 Å². The minimum atomic E-state index is -0.372. The molecule has 0 aromatic rings. The van der Waals surface area contributed by atoms with Crippen molar-refractivity contribution in [3.63, 3.8) is 0 Å². The molecule has 2 unspecified atom stereocenters. The number of hydrogen-bond donors (Lipinski definition) is 2. The fraction of sp³-hybridized carbons (Fsp3) is 1.00. The molecule has 2 atom stereocenters. The maximum absolute atomic E-state index is 9.58. The van der Waals surface area contributed by atoms with Crippen LogP contribution in [-0.2, 0) is 0 Å². The molecule has 0 aliphatic heterocycles. The molecule has 2 N–H and O–H groups in total. The fourth-order valence-corrected chi connectivity index (χ4v) is 2.38. The number of unbranched alkanes of at least 4 members (excludes halogenated alkanes) is 9. The van der Waals surface area contributed by atoms with Crippen LogP contribution in [0.15, 0.2) is 0 Å². The van der Waals surface area contributed by atoms with Gasteiger partial charge in [0.05, 0.1) is 12.2 Å². The Morgan fingerprint density at radius 1 is 0.722 bits per heavy atom. The smallest absolute Gasteiger partial charge is 0.0564 e. The average molecular weight is 258 g/mol. The van der Waals surface area contributed by atoms with Gasteiger partial charge in [-0.1, -0.05) is 71.1 Å². The quantitative estimate of drug-likeness (QED) is 0.480. The van der Waals surface area contributed by atoms with Gasteiger partial charge in [0, 0.05) is 0 Å². The molecule has 0 saturated heterocycles. The van der Waals surface area contributed by atoms with Gasteiger partial charge < -0.3 is 10.2 Å². The van der Waals surface area contributed by atoms with Gasteiger partial charge in [0.25, 0.3) is 0 Å². The van der Waals surface area contributed by atoms with Crippen LogP contribution in [0.25, 0.3) is 0 Å². The molecule has 2 heteroatoms. The Labute approximate surface area is 114 Å². The number of rotatable bonds is 13. The van der Waals surface area contributed by atoms with Crippen molar-refractivity contribution >= 4 is 0 Å². The van der Waals surface area contributed by atoms with Gasteiger partial charge >= 0.3 is 0 Å². The van der Waals surface area contributed by atoms with E-state index in [1.54, 1.807) is 6.92 Å². The van der Waals surface area contributed by atoms with Gasteiger partial charge in [-0.05, 0) is 19.8 Å². The molecular weight excluding hydrogens is 224 g/mol. The summed E-state index contributed by atoms with van der Waals surface area (Å²) in [7, 11) is 0. The first-order chi connectivity index (χ1) is 8.66. The van der Waals surface area contributed by atoms with Crippen LogP contribution in [0.2, 0.25) is 0 Å². The van der Waals surface area contributed by atoms with Crippen molar-refractivity contribution in [3.8, 4) is 0 Å². The van der Waals surface area contributed by atoms with Gasteiger partial charge in [0.15, 0.2) is 0 Å². The summed E-state index contributed by atoms with van der Waals surface area (Å²) in [6.45, 7) is 3.99. The molecule has 0 fully saturated rings. The molecule has 2 nitrogen and oxygen atoms in total. The van der Waals surface area contributed by atoms with Gasteiger partial charge in [-0.25, -0.2) is 0 Å². The molecule has 110 valence electrons. The molecule has 0 aliphatic carbocycles. The van der Waals surface area contributed by atoms with E-state index in [0.717, 1.165) is 12.8 Å². The fourth-order valence-electron chi connectivity index (χ4n) is 2.38.